The third kappa shape index (κ3) is 5.09. The standard InChI is InChI=1S/C25H20Cl2N4OS/c1-15-7-6-8-16(2)22(15)29-25(33)30-31-23(17-9-4-3-5-10-17)28-21(24(31)32)13-18-11-12-19(26)14-20(18)27/h3-14H,1-2H3,(H2,29,30,33)/b21-13-. The molecule has 0 saturated carbocycles. The third-order valence-electron chi connectivity index (χ3n) is 5.08. The summed E-state index contributed by atoms with van der Waals surface area (Å²) in [5, 5.41) is 5.75. The Kier molecular flexibility index (Phi) is 6.79. The maximum absolute atomic E-state index is 13.3. The van der Waals surface area contributed by atoms with Crippen molar-refractivity contribution in [1.82, 2.24) is 10.4 Å². The molecular formula is C25H20Cl2N4OS. The fourth-order valence-electron chi connectivity index (χ4n) is 3.42. The number of aliphatic imine (C=N–C) groups is 1. The van der Waals surface area contributed by atoms with Crippen LogP contribution in [0.4, 0.5) is 5.69 Å². The molecule has 1 heterocycles. The van der Waals surface area contributed by atoms with Crippen LogP contribution >= 0.6 is 35.4 Å². The number of nitrogens with zero attached hydrogens (tertiary/aromatic N) is 2. The molecule has 3 aromatic carbocycles. The van der Waals surface area contributed by atoms with Crippen LogP contribution in [0.1, 0.15) is 22.3 Å². The molecule has 5 nitrogen and oxygen atoms in total. The summed E-state index contributed by atoms with van der Waals surface area (Å²) in [6, 6.07) is 20.5. The molecule has 0 fully saturated rings. The van der Waals surface area contributed by atoms with Gasteiger partial charge in [0.2, 0.25) is 0 Å². The first-order valence-corrected chi connectivity index (χ1v) is 11.3. The minimum absolute atomic E-state index is 0.223. The van der Waals surface area contributed by atoms with Gasteiger partial charge < -0.3 is 5.32 Å². The summed E-state index contributed by atoms with van der Waals surface area (Å²) in [6.45, 7) is 3.99. The fourth-order valence-corrected chi connectivity index (χ4v) is 4.08. The lowest BCUT2D eigenvalue weighted by Crippen LogP contribution is -2.49. The van der Waals surface area contributed by atoms with Crippen molar-refractivity contribution in [1.29, 1.82) is 0 Å². The van der Waals surface area contributed by atoms with Crippen LogP contribution in [-0.4, -0.2) is 21.9 Å². The summed E-state index contributed by atoms with van der Waals surface area (Å²) in [5.41, 5.74) is 7.60. The normalized spacial score (nSPS) is 14.4. The van der Waals surface area contributed by atoms with Crippen LogP contribution in [0.5, 0.6) is 0 Å². The molecule has 0 saturated heterocycles. The molecule has 0 bridgehead atoms. The van der Waals surface area contributed by atoms with Crippen LogP contribution in [0.2, 0.25) is 10.0 Å². The molecule has 1 amide bonds. The Balaban J connectivity index is 1.66. The van der Waals surface area contributed by atoms with E-state index >= 15 is 0 Å². The average molecular weight is 495 g/mol. The summed E-state index contributed by atoms with van der Waals surface area (Å²) in [5.74, 6) is 0.0770. The maximum atomic E-state index is 13.3. The third-order valence-corrected chi connectivity index (χ3v) is 5.84. The summed E-state index contributed by atoms with van der Waals surface area (Å²) >= 11 is 17.8. The van der Waals surface area contributed by atoms with Crippen molar-refractivity contribution in [3.05, 3.63) is 105 Å². The van der Waals surface area contributed by atoms with Gasteiger partial charge in [0.1, 0.15) is 5.70 Å². The zero-order valence-electron chi connectivity index (χ0n) is 17.9. The van der Waals surface area contributed by atoms with E-state index in [2.05, 4.69) is 15.7 Å². The Bertz CT molecular complexity index is 1280. The predicted molar refractivity (Wildman–Crippen MR) is 140 cm³/mol. The number of hydrogen-bond acceptors (Lipinski definition) is 3. The summed E-state index contributed by atoms with van der Waals surface area (Å²) < 4.78 is 0. The highest BCUT2D eigenvalue weighted by Gasteiger charge is 2.32. The number of amidine groups is 1. The van der Waals surface area contributed by atoms with Gasteiger partial charge in [-0.2, -0.15) is 5.01 Å². The molecule has 33 heavy (non-hydrogen) atoms. The molecule has 0 aliphatic carbocycles. The average Bonchev–Trinajstić information content (AvgIpc) is 3.09. The molecule has 8 heteroatoms. The number of amides is 1. The molecule has 166 valence electrons. The first kappa shape index (κ1) is 23.0. The zero-order chi connectivity index (χ0) is 23.5. The van der Waals surface area contributed by atoms with E-state index in [4.69, 9.17) is 35.4 Å². The van der Waals surface area contributed by atoms with Gasteiger partial charge in [-0.3, -0.25) is 10.2 Å². The molecule has 0 unspecified atom stereocenters. The topological polar surface area (TPSA) is 56.7 Å². The largest absolute Gasteiger partial charge is 0.331 e. The number of rotatable bonds is 4. The predicted octanol–water partition coefficient (Wildman–Crippen LogP) is 6.14. The van der Waals surface area contributed by atoms with Gasteiger partial charge >= 0.3 is 0 Å². The Morgan fingerprint density at radius 1 is 1.00 bits per heavy atom. The van der Waals surface area contributed by atoms with Crippen molar-refractivity contribution >= 4 is 64.0 Å². The van der Waals surface area contributed by atoms with Gasteiger partial charge in [0.25, 0.3) is 5.91 Å². The first-order chi connectivity index (χ1) is 15.8. The van der Waals surface area contributed by atoms with Gasteiger partial charge in [0.15, 0.2) is 10.9 Å². The summed E-state index contributed by atoms with van der Waals surface area (Å²) in [7, 11) is 0. The van der Waals surface area contributed by atoms with E-state index in [1.165, 1.54) is 5.01 Å². The number of carbonyl (C=O) groups excluding carboxylic acids is 1. The van der Waals surface area contributed by atoms with Crippen LogP contribution in [0, 0.1) is 13.8 Å². The lowest BCUT2D eigenvalue weighted by Gasteiger charge is -2.22. The number of anilines is 1. The number of nitrogens with one attached hydrogen (secondary N) is 2. The van der Waals surface area contributed by atoms with E-state index in [1.54, 1.807) is 24.3 Å². The van der Waals surface area contributed by atoms with E-state index in [-0.39, 0.29) is 16.7 Å². The van der Waals surface area contributed by atoms with Crippen LogP contribution in [-0.2, 0) is 4.79 Å². The number of para-hydroxylation sites is 1. The minimum Gasteiger partial charge on any atom is -0.331 e. The van der Waals surface area contributed by atoms with Crippen molar-refractivity contribution < 1.29 is 4.79 Å². The van der Waals surface area contributed by atoms with Crippen LogP contribution in [0.25, 0.3) is 6.08 Å². The molecule has 0 atom stereocenters. The van der Waals surface area contributed by atoms with Crippen molar-refractivity contribution in [3.8, 4) is 0 Å². The van der Waals surface area contributed by atoms with Crippen LogP contribution in [0.15, 0.2) is 77.4 Å². The van der Waals surface area contributed by atoms with Crippen molar-refractivity contribution in [2.75, 3.05) is 5.32 Å². The molecule has 1 aliphatic rings. The van der Waals surface area contributed by atoms with Crippen molar-refractivity contribution in [2.45, 2.75) is 13.8 Å². The van der Waals surface area contributed by atoms with Gasteiger partial charge in [0, 0.05) is 21.3 Å². The highest BCUT2D eigenvalue weighted by molar-refractivity contribution is 7.80. The molecule has 4 rings (SSSR count). The lowest BCUT2D eigenvalue weighted by molar-refractivity contribution is -0.123. The van der Waals surface area contributed by atoms with Gasteiger partial charge in [-0.1, -0.05) is 77.8 Å². The Labute approximate surface area is 207 Å². The molecule has 0 aromatic heterocycles. The van der Waals surface area contributed by atoms with E-state index in [0.29, 0.717) is 21.4 Å². The van der Waals surface area contributed by atoms with Crippen molar-refractivity contribution in [2.24, 2.45) is 4.99 Å². The number of carbonyl (C=O) groups is 1. The Morgan fingerprint density at radius 3 is 2.36 bits per heavy atom. The molecule has 3 aromatic rings. The van der Waals surface area contributed by atoms with Gasteiger partial charge in [-0.15, -0.1) is 0 Å². The van der Waals surface area contributed by atoms with Crippen LogP contribution < -0.4 is 10.7 Å². The summed E-state index contributed by atoms with van der Waals surface area (Å²) in [6.07, 6.45) is 1.63. The molecule has 0 radical (unpaired) electrons. The van der Waals surface area contributed by atoms with E-state index in [1.807, 2.05) is 62.4 Å². The number of hydrazine groups is 1. The van der Waals surface area contributed by atoms with Gasteiger partial charge in [-0.05, 0) is 61.0 Å². The Hall–Kier alpha value is -3.19. The SMILES string of the molecule is Cc1cccc(C)c1NC(=S)NN1C(=O)/C(=C/c2ccc(Cl)cc2Cl)N=C1c1ccccc1. The number of benzene rings is 3. The number of hydrogen-bond donors (Lipinski definition) is 2. The second-order valence-electron chi connectivity index (χ2n) is 7.47. The first-order valence-electron chi connectivity index (χ1n) is 10.1. The highest BCUT2D eigenvalue weighted by Crippen LogP contribution is 2.26. The van der Waals surface area contributed by atoms with Crippen LogP contribution in [0.3, 0.4) is 0 Å². The van der Waals surface area contributed by atoms with Gasteiger partial charge in [-0.25, -0.2) is 4.99 Å². The monoisotopic (exact) mass is 494 g/mol. The number of thiocarbonyl (C=S) groups is 1. The minimum atomic E-state index is -0.356. The lowest BCUT2D eigenvalue weighted by atomic mass is 10.1. The fraction of sp³-hybridized carbons (Fsp3) is 0.0800. The Morgan fingerprint density at radius 2 is 1.70 bits per heavy atom. The van der Waals surface area contributed by atoms with E-state index in [9.17, 15) is 4.79 Å². The van der Waals surface area contributed by atoms with E-state index in [0.717, 1.165) is 22.4 Å². The maximum Gasteiger partial charge on any atom is 0.297 e. The second-order valence-corrected chi connectivity index (χ2v) is 8.72. The van der Waals surface area contributed by atoms with Crippen molar-refractivity contribution in [3.63, 3.8) is 0 Å². The molecule has 1 aliphatic heterocycles. The summed E-state index contributed by atoms with van der Waals surface area (Å²) in [4.78, 5) is 17.9. The molecular weight excluding hydrogens is 475 g/mol. The highest BCUT2D eigenvalue weighted by atomic mass is 35.5. The number of halogens is 2. The number of aryl methyl sites for hydroxylation is 2. The zero-order valence-corrected chi connectivity index (χ0v) is 20.2. The molecule has 2 N–H and O–H groups in total. The van der Waals surface area contributed by atoms with E-state index < -0.39 is 0 Å². The molecule has 0 spiro atoms. The second kappa shape index (κ2) is 9.75. The van der Waals surface area contributed by atoms with Gasteiger partial charge in [0.05, 0.1) is 0 Å². The quantitative estimate of drug-likeness (QED) is 0.337. The smallest absolute Gasteiger partial charge is 0.297 e.